The maximum Gasteiger partial charge on any atom is 0.476 e. The fourth-order valence-corrected chi connectivity index (χ4v) is 2.01. The Balaban J connectivity index is 4.94. The van der Waals surface area contributed by atoms with Crippen molar-refractivity contribution in [3.63, 3.8) is 0 Å². The second-order valence-corrected chi connectivity index (χ2v) is 14.3. The van der Waals surface area contributed by atoms with Crippen molar-refractivity contribution in [1.29, 1.82) is 0 Å². The zero-order valence-corrected chi connectivity index (χ0v) is 12.8. The van der Waals surface area contributed by atoms with Crippen LogP contribution in [0.4, 0.5) is 13.2 Å². The lowest BCUT2D eigenvalue weighted by atomic mass is 10.6. The van der Waals surface area contributed by atoms with Gasteiger partial charge in [0.25, 0.3) is 0 Å². The van der Waals surface area contributed by atoms with Crippen LogP contribution in [0.15, 0.2) is 0 Å². The second kappa shape index (κ2) is 5.08. The molecule has 0 aromatic heterocycles. The van der Waals surface area contributed by atoms with Crippen molar-refractivity contribution in [2.45, 2.75) is 45.5 Å². The van der Waals surface area contributed by atoms with Crippen molar-refractivity contribution in [1.82, 2.24) is 5.23 Å². The van der Waals surface area contributed by atoms with Crippen LogP contribution in [0.2, 0.25) is 39.3 Å². The molecule has 0 aliphatic carbocycles. The fourth-order valence-electron chi connectivity index (χ4n) is 0.703. The molecule has 0 saturated carbocycles. The van der Waals surface area contributed by atoms with Crippen LogP contribution in [0.5, 0.6) is 0 Å². The van der Waals surface area contributed by atoms with E-state index in [1.165, 1.54) is 0 Å². The first-order valence-corrected chi connectivity index (χ1v) is 11.8. The average molecular weight is 289 g/mol. The molecule has 0 bridgehead atoms. The first kappa shape index (κ1) is 16.6. The van der Waals surface area contributed by atoms with Gasteiger partial charge in [-0.2, -0.15) is 13.2 Å². The minimum absolute atomic E-state index is 0.0262. The molecule has 0 aromatic rings. The van der Waals surface area contributed by atoms with E-state index in [1.807, 2.05) is 0 Å². The molecule has 0 saturated heterocycles. The van der Waals surface area contributed by atoms with Crippen molar-refractivity contribution in [3.8, 4) is 0 Å². The van der Waals surface area contributed by atoms with Gasteiger partial charge < -0.3 is 0 Å². The number of amides is 1. The van der Waals surface area contributed by atoms with Gasteiger partial charge in [0.1, 0.15) is 0 Å². The van der Waals surface area contributed by atoms with Crippen LogP contribution in [0.25, 0.3) is 0 Å². The molecule has 4 nitrogen and oxygen atoms in total. The van der Waals surface area contributed by atoms with Gasteiger partial charge in [-0.25, -0.2) is 0 Å². The smallest absolute Gasteiger partial charge is 0.295 e. The molecule has 1 amide bonds. The van der Waals surface area contributed by atoms with Gasteiger partial charge in [-0.3, -0.25) is 13.8 Å². The zero-order chi connectivity index (χ0) is 14.1. The summed E-state index contributed by atoms with van der Waals surface area (Å²) < 4.78 is 47.0. The highest BCUT2D eigenvalue weighted by Crippen LogP contribution is 2.22. The van der Waals surface area contributed by atoms with Crippen molar-refractivity contribution in [3.05, 3.63) is 0 Å². The predicted molar refractivity (Wildman–Crippen MR) is 61.8 cm³/mol. The quantitative estimate of drug-likeness (QED) is 0.590. The third kappa shape index (κ3) is 7.52. The molecule has 0 aliphatic rings. The summed E-state index contributed by atoms with van der Waals surface area (Å²) in [6.07, 6.45) is -5.00. The molecule has 0 fully saturated rings. The first-order valence-electron chi connectivity index (χ1n) is 5.02. The predicted octanol–water partition coefficient (Wildman–Crippen LogP) is 2.91. The molecule has 9 heteroatoms. The monoisotopic (exact) mass is 289 g/mol. The molecule has 0 rings (SSSR count). The molecule has 0 aromatic carbocycles. The van der Waals surface area contributed by atoms with Gasteiger partial charge in [0.05, 0.1) is 0 Å². The van der Waals surface area contributed by atoms with E-state index < -0.39 is 28.7 Å². The van der Waals surface area contributed by atoms with Crippen molar-refractivity contribution < 1.29 is 27.0 Å². The summed E-state index contributed by atoms with van der Waals surface area (Å²) in [6.45, 7) is 9.98. The minimum Gasteiger partial charge on any atom is -0.295 e. The summed E-state index contributed by atoms with van der Waals surface area (Å²) in [4.78, 5) is 11.1. The lowest BCUT2D eigenvalue weighted by molar-refractivity contribution is -0.285. The normalized spacial score (nSPS) is 13.7. The molecule has 0 heterocycles. The molecule has 0 radical (unpaired) electrons. The van der Waals surface area contributed by atoms with E-state index in [0.717, 1.165) is 0 Å². The lowest BCUT2D eigenvalue weighted by Gasteiger charge is -2.32. The Hall–Kier alpha value is -0.386. The highest BCUT2D eigenvalue weighted by Gasteiger charge is 2.46. The largest absolute Gasteiger partial charge is 0.476 e. The van der Waals surface area contributed by atoms with Crippen LogP contribution in [0.3, 0.4) is 0 Å². The number of halogens is 3. The molecule has 102 valence electrons. The third-order valence-electron chi connectivity index (χ3n) is 1.12. The summed E-state index contributed by atoms with van der Waals surface area (Å²) >= 11 is 0. The Morgan fingerprint density at radius 3 is 1.41 bits per heavy atom. The second-order valence-electron chi connectivity index (χ2n) is 5.47. The van der Waals surface area contributed by atoms with Crippen molar-refractivity contribution in [2.75, 3.05) is 0 Å². The van der Waals surface area contributed by atoms with Gasteiger partial charge in [-0.05, 0) is 39.3 Å². The molecule has 0 spiro atoms. The van der Waals surface area contributed by atoms with E-state index in [-0.39, 0.29) is 5.23 Å². The van der Waals surface area contributed by atoms with Gasteiger partial charge in [0.15, 0.2) is 0 Å². The molecule has 0 unspecified atom stereocenters. The highest BCUT2D eigenvalue weighted by atomic mass is 28.4. The van der Waals surface area contributed by atoms with Crippen LogP contribution in [-0.4, -0.2) is 33.9 Å². The molecule has 0 N–H and O–H groups in total. The molecule has 0 atom stereocenters. The van der Waals surface area contributed by atoms with Crippen LogP contribution >= 0.6 is 0 Å². The van der Waals surface area contributed by atoms with Crippen LogP contribution in [0.1, 0.15) is 0 Å². The maximum absolute atomic E-state index is 12.3. The van der Waals surface area contributed by atoms with Crippen molar-refractivity contribution >= 4 is 22.5 Å². The van der Waals surface area contributed by atoms with Gasteiger partial charge in [0, 0.05) is 0 Å². The number of hydroxylamine groups is 2. The summed E-state index contributed by atoms with van der Waals surface area (Å²) in [7, 11) is -4.72. The Morgan fingerprint density at radius 1 is 0.941 bits per heavy atom. The summed E-state index contributed by atoms with van der Waals surface area (Å²) in [5.74, 6) is -2.12. The Bertz CT molecular complexity index is 267. The first-order chi connectivity index (χ1) is 7.22. The van der Waals surface area contributed by atoms with Gasteiger partial charge in [0.2, 0.25) is 16.6 Å². The van der Waals surface area contributed by atoms with E-state index in [4.69, 9.17) is 9.05 Å². The zero-order valence-electron chi connectivity index (χ0n) is 10.8. The Labute approximate surface area is 101 Å². The Kier molecular flexibility index (Phi) is 4.97. The molecular formula is C8H18F3NO3Si2. The maximum atomic E-state index is 12.3. The number of alkyl halides is 3. The van der Waals surface area contributed by atoms with Crippen molar-refractivity contribution in [2.24, 2.45) is 0 Å². The van der Waals surface area contributed by atoms with Crippen LogP contribution in [-0.2, 0) is 13.8 Å². The topological polar surface area (TPSA) is 38.8 Å². The third-order valence-corrected chi connectivity index (χ3v) is 2.55. The number of rotatable bonds is 4. The lowest BCUT2D eigenvalue weighted by Crippen LogP contribution is -2.50. The minimum atomic E-state index is -5.00. The van der Waals surface area contributed by atoms with E-state index in [1.54, 1.807) is 39.3 Å². The van der Waals surface area contributed by atoms with E-state index in [0.29, 0.717) is 0 Å². The van der Waals surface area contributed by atoms with Gasteiger partial charge >= 0.3 is 12.1 Å². The SMILES string of the molecule is C[Si](C)(C)ON(O[Si](C)(C)C)C(=O)C(F)(F)F. The van der Waals surface area contributed by atoms with Crippen LogP contribution < -0.4 is 0 Å². The average Bonchev–Trinajstić information content (AvgIpc) is 1.94. The standard InChI is InChI=1S/C8H18F3NO3Si2/c1-16(2,3)14-12(15-17(4,5)6)7(13)8(9,10)11/h1-6H3. The highest BCUT2D eigenvalue weighted by molar-refractivity contribution is 6.70. The summed E-state index contributed by atoms with van der Waals surface area (Å²) in [5.41, 5.74) is 0. The van der Waals surface area contributed by atoms with Crippen LogP contribution in [0, 0.1) is 0 Å². The number of nitrogens with zero attached hydrogens (tertiary/aromatic N) is 1. The number of hydrogen-bond acceptors (Lipinski definition) is 3. The number of hydrogen-bond donors (Lipinski definition) is 0. The molecule has 17 heavy (non-hydrogen) atoms. The molecular weight excluding hydrogens is 271 g/mol. The Morgan fingerprint density at radius 2 is 1.24 bits per heavy atom. The van der Waals surface area contributed by atoms with E-state index in [2.05, 4.69) is 0 Å². The summed E-state index contributed by atoms with van der Waals surface area (Å²) in [5, 5.41) is 0.0262. The number of carbonyl (C=O) groups is 1. The van der Waals surface area contributed by atoms with E-state index in [9.17, 15) is 18.0 Å². The van der Waals surface area contributed by atoms with E-state index >= 15 is 0 Å². The number of carbonyl (C=O) groups excluding carboxylic acids is 1. The fraction of sp³-hybridized carbons (Fsp3) is 0.875. The molecule has 0 aliphatic heterocycles. The summed E-state index contributed by atoms with van der Waals surface area (Å²) in [6, 6.07) is 0. The van der Waals surface area contributed by atoms with Gasteiger partial charge in [-0.15, -0.1) is 5.23 Å². The van der Waals surface area contributed by atoms with Gasteiger partial charge in [-0.1, -0.05) is 0 Å².